The van der Waals surface area contributed by atoms with Crippen molar-refractivity contribution in [1.82, 2.24) is 10.6 Å². The Bertz CT molecular complexity index is 847. The van der Waals surface area contributed by atoms with E-state index in [1.54, 1.807) is 7.11 Å². The topological polar surface area (TPSA) is 72.0 Å². The van der Waals surface area contributed by atoms with Crippen molar-refractivity contribution in [1.29, 1.82) is 0 Å². The number of aliphatic imine (C=N–C) groups is 1. The fourth-order valence-corrected chi connectivity index (χ4v) is 3.30. The van der Waals surface area contributed by atoms with Crippen LogP contribution < -0.4 is 20.1 Å². The Morgan fingerprint density at radius 1 is 1.23 bits per heavy atom. The maximum Gasteiger partial charge on any atom is 0.251 e. The van der Waals surface area contributed by atoms with E-state index in [1.165, 1.54) is 0 Å². The van der Waals surface area contributed by atoms with Gasteiger partial charge in [0.05, 0.1) is 13.7 Å². The summed E-state index contributed by atoms with van der Waals surface area (Å²) in [6.45, 7) is 14.7. The Kier molecular flexibility index (Phi) is 8.09. The van der Waals surface area contributed by atoms with Gasteiger partial charge in [-0.05, 0) is 71.4 Å². The molecule has 6 nitrogen and oxygen atoms in total. The predicted molar refractivity (Wildman–Crippen MR) is 122 cm³/mol. The fourth-order valence-electron chi connectivity index (χ4n) is 3.30. The van der Waals surface area contributed by atoms with E-state index in [0.717, 1.165) is 29.6 Å². The zero-order valence-electron chi connectivity index (χ0n) is 19.1. The first kappa shape index (κ1) is 23.5. The van der Waals surface area contributed by atoms with E-state index in [4.69, 9.17) is 9.47 Å². The number of ether oxygens (including phenoxy) is 2. The van der Waals surface area contributed by atoms with Gasteiger partial charge in [-0.1, -0.05) is 18.6 Å². The van der Waals surface area contributed by atoms with Crippen LogP contribution in [0.1, 0.15) is 59.4 Å². The van der Waals surface area contributed by atoms with E-state index < -0.39 is 0 Å². The zero-order valence-corrected chi connectivity index (χ0v) is 19.1. The standard InChI is InChI=1S/C24H35N3O3/c1-8-18(22(25-6)27-24(5)12-13-24)21(16(3)4)23(28)26-15-17-10-11-19(30-9-2)20(14-17)29-7/h10-11,14,27H,6,8-9,12-13,15H2,1-5,7H3,(H,26,28)/b22-18-. The lowest BCUT2D eigenvalue weighted by atomic mass is 9.97. The number of nitrogens with zero attached hydrogens (tertiary/aromatic N) is 1. The molecule has 0 saturated heterocycles. The molecule has 2 rings (SSSR count). The van der Waals surface area contributed by atoms with E-state index in [9.17, 15) is 4.79 Å². The predicted octanol–water partition coefficient (Wildman–Crippen LogP) is 4.51. The smallest absolute Gasteiger partial charge is 0.251 e. The number of methoxy groups -OCH3 is 1. The summed E-state index contributed by atoms with van der Waals surface area (Å²) >= 11 is 0. The number of benzene rings is 1. The molecule has 1 fully saturated rings. The summed E-state index contributed by atoms with van der Waals surface area (Å²) < 4.78 is 11.0. The van der Waals surface area contributed by atoms with Crippen molar-refractivity contribution in [2.24, 2.45) is 4.99 Å². The van der Waals surface area contributed by atoms with Crippen molar-refractivity contribution >= 4 is 12.6 Å². The molecule has 6 heteroatoms. The molecule has 0 spiro atoms. The van der Waals surface area contributed by atoms with E-state index in [0.29, 0.717) is 42.5 Å². The van der Waals surface area contributed by atoms with Crippen LogP contribution in [0.2, 0.25) is 0 Å². The van der Waals surface area contributed by atoms with Crippen LogP contribution in [0.15, 0.2) is 45.7 Å². The average molecular weight is 414 g/mol. The molecule has 30 heavy (non-hydrogen) atoms. The molecule has 1 amide bonds. The lowest BCUT2D eigenvalue weighted by Gasteiger charge is -2.20. The first-order valence-electron chi connectivity index (χ1n) is 10.5. The van der Waals surface area contributed by atoms with Gasteiger partial charge in [0.15, 0.2) is 11.5 Å². The third-order valence-corrected chi connectivity index (χ3v) is 5.23. The van der Waals surface area contributed by atoms with Crippen LogP contribution in [-0.2, 0) is 11.3 Å². The maximum atomic E-state index is 13.1. The van der Waals surface area contributed by atoms with E-state index in [-0.39, 0.29) is 11.4 Å². The Morgan fingerprint density at radius 2 is 1.93 bits per heavy atom. The van der Waals surface area contributed by atoms with Gasteiger partial charge in [-0.2, -0.15) is 0 Å². The van der Waals surface area contributed by atoms with Crippen LogP contribution >= 0.6 is 0 Å². The number of carbonyl (C=O) groups is 1. The van der Waals surface area contributed by atoms with Crippen molar-refractivity contribution in [3.8, 4) is 11.5 Å². The second-order valence-electron chi connectivity index (χ2n) is 8.00. The largest absolute Gasteiger partial charge is 0.493 e. The van der Waals surface area contributed by atoms with Gasteiger partial charge in [0.1, 0.15) is 5.82 Å². The second-order valence-corrected chi connectivity index (χ2v) is 8.00. The molecule has 1 aromatic carbocycles. The lowest BCUT2D eigenvalue weighted by molar-refractivity contribution is -0.117. The molecule has 0 radical (unpaired) electrons. The highest BCUT2D eigenvalue weighted by Crippen LogP contribution is 2.36. The minimum Gasteiger partial charge on any atom is -0.493 e. The molecular weight excluding hydrogens is 378 g/mol. The molecule has 0 heterocycles. The summed E-state index contributed by atoms with van der Waals surface area (Å²) in [4.78, 5) is 17.3. The number of hydrogen-bond donors (Lipinski definition) is 2. The Hall–Kier alpha value is -2.76. The number of allylic oxidation sites excluding steroid dienone is 1. The number of amides is 1. The molecule has 1 aliphatic rings. The summed E-state index contributed by atoms with van der Waals surface area (Å²) in [5.74, 6) is 1.92. The number of nitrogens with one attached hydrogen (secondary N) is 2. The highest BCUT2D eigenvalue weighted by atomic mass is 16.5. The van der Waals surface area contributed by atoms with Crippen molar-refractivity contribution in [3.05, 3.63) is 46.3 Å². The van der Waals surface area contributed by atoms with Crippen LogP contribution in [0.25, 0.3) is 0 Å². The Labute approximate surface area is 180 Å². The normalized spacial score (nSPS) is 14.9. The summed E-state index contributed by atoms with van der Waals surface area (Å²) in [6.07, 6.45) is 2.88. The highest BCUT2D eigenvalue weighted by Gasteiger charge is 2.38. The van der Waals surface area contributed by atoms with Gasteiger partial charge in [-0.25, -0.2) is 4.99 Å². The van der Waals surface area contributed by atoms with Crippen LogP contribution in [0.3, 0.4) is 0 Å². The van der Waals surface area contributed by atoms with Gasteiger partial charge < -0.3 is 20.1 Å². The van der Waals surface area contributed by atoms with Crippen molar-refractivity contribution in [3.63, 3.8) is 0 Å². The number of rotatable bonds is 11. The maximum absolute atomic E-state index is 13.1. The lowest BCUT2D eigenvalue weighted by Crippen LogP contribution is -2.30. The monoisotopic (exact) mass is 413 g/mol. The third kappa shape index (κ3) is 5.88. The van der Waals surface area contributed by atoms with Gasteiger partial charge in [-0.3, -0.25) is 4.79 Å². The van der Waals surface area contributed by atoms with Crippen LogP contribution in [0.5, 0.6) is 11.5 Å². The SMILES string of the molecule is C=N/C(NC1(C)CC1)=C(\CC)C(C(=O)NCc1ccc(OCC)c(OC)c1)=C(C)C. The quantitative estimate of drug-likeness (QED) is 0.318. The van der Waals surface area contributed by atoms with E-state index in [2.05, 4.69) is 29.3 Å². The summed E-state index contributed by atoms with van der Waals surface area (Å²) in [5, 5.41) is 6.51. The zero-order chi connectivity index (χ0) is 22.3. The van der Waals surface area contributed by atoms with Crippen LogP contribution in [0.4, 0.5) is 0 Å². The number of hydrogen-bond acceptors (Lipinski definition) is 5. The molecule has 1 aliphatic carbocycles. The Morgan fingerprint density at radius 3 is 2.43 bits per heavy atom. The third-order valence-electron chi connectivity index (χ3n) is 5.23. The van der Waals surface area contributed by atoms with Crippen molar-refractivity contribution in [2.45, 2.75) is 66.0 Å². The molecule has 2 N–H and O–H groups in total. The summed E-state index contributed by atoms with van der Waals surface area (Å²) in [7, 11) is 1.61. The van der Waals surface area contributed by atoms with Gasteiger partial charge in [0.2, 0.25) is 0 Å². The first-order chi connectivity index (χ1) is 14.3. The van der Waals surface area contributed by atoms with E-state index in [1.807, 2.05) is 45.9 Å². The molecule has 0 aliphatic heterocycles. The van der Waals surface area contributed by atoms with Crippen molar-refractivity contribution < 1.29 is 14.3 Å². The van der Waals surface area contributed by atoms with Crippen LogP contribution in [0, 0.1) is 0 Å². The van der Waals surface area contributed by atoms with E-state index >= 15 is 0 Å². The number of carbonyl (C=O) groups excluding carboxylic acids is 1. The average Bonchev–Trinajstić information content (AvgIpc) is 3.46. The summed E-state index contributed by atoms with van der Waals surface area (Å²) in [6, 6.07) is 5.68. The second kappa shape index (κ2) is 10.3. The molecule has 0 atom stereocenters. The molecule has 0 bridgehead atoms. The first-order valence-corrected chi connectivity index (χ1v) is 10.5. The fraction of sp³-hybridized carbons (Fsp3) is 0.500. The van der Waals surface area contributed by atoms with Gasteiger partial charge in [0.25, 0.3) is 5.91 Å². The molecular formula is C24H35N3O3. The van der Waals surface area contributed by atoms with Gasteiger partial charge in [0, 0.05) is 23.2 Å². The van der Waals surface area contributed by atoms with Gasteiger partial charge in [-0.15, -0.1) is 0 Å². The molecule has 0 aromatic heterocycles. The van der Waals surface area contributed by atoms with Gasteiger partial charge >= 0.3 is 0 Å². The minimum absolute atomic E-state index is 0.0546. The highest BCUT2D eigenvalue weighted by molar-refractivity contribution is 5.98. The molecule has 164 valence electrons. The van der Waals surface area contributed by atoms with Crippen LogP contribution in [-0.4, -0.2) is 31.9 Å². The summed E-state index contributed by atoms with van der Waals surface area (Å²) in [5.41, 5.74) is 3.48. The minimum atomic E-state index is -0.122. The molecule has 1 aromatic rings. The van der Waals surface area contributed by atoms with Crippen molar-refractivity contribution in [2.75, 3.05) is 13.7 Å². The molecule has 0 unspecified atom stereocenters. The molecule has 1 saturated carbocycles. The Balaban J connectivity index is 2.21.